The Bertz CT molecular complexity index is 2440. The SMILES string of the molecule is COc1cc(OC)cc(-c2c(C)c(C)cc3[cH-]c(-c4ccc(C)o4)cc23)c1.COc1cc(OC)cc(-c2c(C)c(C)cc3[cH-]c(-c4ccc(C)o4)cc23)c1.Cl.Cl.[CH3-].[CH3-].[Si]=[Zr]. The molecule has 60 heavy (non-hydrogen) atoms. The van der Waals surface area contributed by atoms with Crippen molar-refractivity contribution in [1.29, 1.82) is 0 Å². The molecule has 0 spiro atoms. The van der Waals surface area contributed by atoms with E-state index in [2.05, 4.69) is 95.2 Å². The van der Waals surface area contributed by atoms with Crippen LogP contribution in [0.4, 0.5) is 0 Å². The summed E-state index contributed by atoms with van der Waals surface area (Å²) in [5.41, 5.74) is 11.8. The Morgan fingerprint density at radius 2 is 0.783 bits per heavy atom. The van der Waals surface area contributed by atoms with Gasteiger partial charge in [0.15, 0.2) is 0 Å². The van der Waals surface area contributed by atoms with Crippen LogP contribution in [-0.2, 0) is 23.3 Å². The first-order valence-electron chi connectivity index (χ1n) is 18.3. The van der Waals surface area contributed by atoms with Crippen LogP contribution in [0.1, 0.15) is 33.8 Å². The number of methoxy groups -OCH3 is 4. The Kier molecular flexibility index (Phi) is 19.3. The third kappa shape index (κ3) is 10.7. The van der Waals surface area contributed by atoms with Gasteiger partial charge in [-0.05, 0) is 112 Å². The van der Waals surface area contributed by atoms with Crippen molar-refractivity contribution in [3.8, 4) is 67.9 Å². The molecule has 0 saturated heterocycles. The van der Waals surface area contributed by atoms with Gasteiger partial charge >= 0.3 is 30.2 Å². The fourth-order valence-corrected chi connectivity index (χ4v) is 7.32. The zero-order valence-electron chi connectivity index (χ0n) is 36.5. The standard InChI is InChI=1S/2C24H23O3.2CH3.2ClH.Si.Zr/c2*1-14-8-17-9-18(23-7-6-15(2)27-23)12-22(17)24(16(14)3)19-10-20(25-4)13-21(11-19)26-5;;;;;;/h2*6-13H,1-5H3;2*1H3;2*1H;;/q4*-1;;;;. The summed E-state index contributed by atoms with van der Waals surface area (Å²) in [7, 11) is 6.71. The number of rotatable bonds is 8. The van der Waals surface area contributed by atoms with Gasteiger partial charge in [0.05, 0.1) is 51.5 Å². The van der Waals surface area contributed by atoms with E-state index in [1.54, 1.807) is 28.4 Å². The Balaban J connectivity index is 0.000000373. The molecule has 8 rings (SSSR count). The van der Waals surface area contributed by atoms with Crippen molar-refractivity contribution in [2.75, 3.05) is 28.4 Å². The van der Waals surface area contributed by atoms with Gasteiger partial charge in [0.1, 0.15) is 23.0 Å². The van der Waals surface area contributed by atoms with Gasteiger partial charge in [-0.2, -0.15) is 0 Å². The van der Waals surface area contributed by atoms with E-state index < -0.39 is 0 Å². The Labute approximate surface area is 385 Å². The van der Waals surface area contributed by atoms with E-state index in [4.69, 9.17) is 27.8 Å². The van der Waals surface area contributed by atoms with Crippen molar-refractivity contribution in [1.82, 2.24) is 0 Å². The van der Waals surface area contributed by atoms with E-state index in [-0.39, 0.29) is 39.7 Å². The molecule has 0 bridgehead atoms. The van der Waals surface area contributed by atoms with Crippen molar-refractivity contribution < 1.29 is 51.1 Å². The van der Waals surface area contributed by atoms with Crippen LogP contribution in [0, 0.1) is 56.4 Å². The molecule has 0 aliphatic rings. The molecule has 2 radical (unpaired) electrons. The Hall–Kier alpha value is -4.46. The second-order valence-corrected chi connectivity index (χ2v) is 13.9. The molecule has 0 fully saturated rings. The second kappa shape index (κ2) is 22.4. The summed E-state index contributed by atoms with van der Waals surface area (Å²) < 4.78 is 33.6. The van der Waals surface area contributed by atoms with Crippen molar-refractivity contribution in [2.45, 2.75) is 41.5 Å². The molecule has 316 valence electrons. The monoisotopic (exact) mass is 938 g/mol. The molecule has 0 saturated carbocycles. The van der Waals surface area contributed by atoms with Gasteiger partial charge in [-0.15, -0.1) is 82.8 Å². The van der Waals surface area contributed by atoms with E-state index in [0.29, 0.717) is 0 Å². The first-order valence-corrected chi connectivity index (χ1v) is 22.5. The number of hydrogen-bond acceptors (Lipinski definition) is 6. The molecular formula is C50H54Cl2O6SiZr-4. The summed E-state index contributed by atoms with van der Waals surface area (Å²) in [5.74, 6) is 6.76. The van der Waals surface area contributed by atoms with Crippen LogP contribution in [0.2, 0.25) is 0 Å². The van der Waals surface area contributed by atoms with E-state index in [9.17, 15) is 0 Å². The van der Waals surface area contributed by atoms with Gasteiger partial charge in [-0.25, -0.2) is 0 Å². The molecule has 10 heteroatoms. The topological polar surface area (TPSA) is 63.2 Å². The van der Waals surface area contributed by atoms with E-state index >= 15 is 0 Å². The molecule has 2 heterocycles. The van der Waals surface area contributed by atoms with Crippen LogP contribution in [0.25, 0.3) is 66.4 Å². The summed E-state index contributed by atoms with van der Waals surface area (Å²) >= 11 is 1.36. The number of benzene rings is 4. The molecule has 0 aliphatic carbocycles. The van der Waals surface area contributed by atoms with Crippen LogP contribution < -0.4 is 18.9 Å². The molecule has 2 aromatic heterocycles. The van der Waals surface area contributed by atoms with Gasteiger partial charge in [-0.3, -0.25) is 0 Å². The fraction of sp³-hybridized carbons (Fsp3) is 0.200. The van der Waals surface area contributed by atoms with Crippen molar-refractivity contribution >= 4 is 53.2 Å². The van der Waals surface area contributed by atoms with Gasteiger partial charge in [0.25, 0.3) is 0 Å². The number of halogens is 2. The van der Waals surface area contributed by atoms with Crippen LogP contribution in [-0.4, -0.2) is 35.3 Å². The zero-order valence-corrected chi connectivity index (χ0v) is 41.6. The van der Waals surface area contributed by atoms with Crippen LogP contribution >= 0.6 is 24.8 Å². The average Bonchev–Trinajstić information content (AvgIpc) is 4.03. The maximum atomic E-state index is 5.84. The van der Waals surface area contributed by atoms with Gasteiger partial charge in [0, 0.05) is 12.1 Å². The fourth-order valence-electron chi connectivity index (χ4n) is 7.32. The summed E-state index contributed by atoms with van der Waals surface area (Å²) in [6, 6.07) is 33.4. The molecule has 0 aliphatic heterocycles. The minimum absolute atomic E-state index is 0. The number of hydrogen-bond donors (Lipinski definition) is 0. The first-order chi connectivity index (χ1) is 27.0. The minimum atomic E-state index is 0. The molecule has 0 atom stereocenters. The molecule has 0 N–H and O–H groups in total. The van der Waals surface area contributed by atoms with Crippen LogP contribution in [0.5, 0.6) is 23.0 Å². The first kappa shape index (κ1) is 51.7. The molecular weight excluding hydrogens is 887 g/mol. The Morgan fingerprint density at radius 3 is 1.05 bits per heavy atom. The quantitative estimate of drug-likeness (QED) is 0.112. The number of fused-ring (bicyclic) bond motifs is 2. The molecule has 6 aromatic carbocycles. The summed E-state index contributed by atoms with van der Waals surface area (Å²) in [5, 5.41) is 4.83. The van der Waals surface area contributed by atoms with Crippen LogP contribution in [0.15, 0.2) is 106 Å². The van der Waals surface area contributed by atoms with E-state index in [0.717, 1.165) is 68.3 Å². The van der Waals surface area contributed by atoms with E-state index in [1.165, 1.54) is 78.3 Å². The van der Waals surface area contributed by atoms with E-state index in [1.807, 2.05) is 50.2 Å². The third-order valence-electron chi connectivity index (χ3n) is 10.4. The van der Waals surface area contributed by atoms with Crippen molar-refractivity contribution in [3.63, 3.8) is 0 Å². The molecule has 0 unspecified atom stereocenters. The Morgan fingerprint density at radius 1 is 0.467 bits per heavy atom. The molecule has 8 aromatic rings. The number of ether oxygens (including phenoxy) is 4. The van der Waals surface area contributed by atoms with Crippen molar-refractivity contribution in [2.24, 2.45) is 0 Å². The zero-order chi connectivity index (χ0) is 40.3. The summed E-state index contributed by atoms with van der Waals surface area (Å²) in [6.07, 6.45) is 0. The van der Waals surface area contributed by atoms with Gasteiger partial charge in [0.2, 0.25) is 0 Å². The number of furan rings is 2. The number of aryl methyl sites for hydroxylation is 4. The summed E-state index contributed by atoms with van der Waals surface area (Å²) in [4.78, 5) is 0. The molecule has 0 amide bonds. The third-order valence-corrected chi connectivity index (χ3v) is 10.4. The average molecular weight is 941 g/mol. The maximum absolute atomic E-state index is 5.84. The predicted octanol–water partition coefficient (Wildman–Crippen LogP) is 14.2. The van der Waals surface area contributed by atoms with Crippen molar-refractivity contribution in [3.05, 3.63) is 146 Å². The van der Waals surface area contributed by atoms with Gasteiger partial charge in [-0.1, -0.05) is 33.4 Å². The normalized spacial score (nSPS) is 10.1. The molecule has 6 nitrogen and oxygen atoms in total. The second-order valence-electron chi connectivity index (χ2n) is 13.9. The summed E-state index contributed by atoms with van der Waals surface area (Å²) in [6.45, 7) is 15.6. The predicted molar refractivity (Wildman–Crippen MR) is 253 cm³/mol. The van der Waals surface area contributed by atoms with Gasteiger partial charge < -0.3 is 42.6 Å². The van der Waals surface area contributed by atoms with Crippen LogP contribution in [0.3, 0.4) is 0 Å².